The molecule has 0 bridgehead atoms. The topological polar surface area (TPSA) is 30.9 Å². The van der Waals surface area contributed by atoms with E-state index in [-0.39, 0.29) is 6.04 Å². The van der Waals surface area contributed by atoms with Crippen molar-refractivity contribution < 1.29 is 0 Å². The number of nitrogens with zero attached hydrogens (tertiary/aromatic N) is 1. The van der Waals surface area contributed by atoms with Gasteiger partial charge in [0.05, 0.1) is 0 Å². The molecular weight excluding hydrogens is 232 g/mol. The Hall–Kier alpha value is -1.54. The summed E-state index contributed by atoms with van der Waals surface area (Å²) < 4.78 is 2.32. The smallest absolute Gasteiger partial charge is 0.0312 e. The second-order valence-corrected chi connectivity index (χ2v) is 5.56. The lowest BCUT2D eigenvalue weighted by atomic mass is 10.1. The van der Waals surface area contributed by atoms with Crippen LogP contribution in [0.5, 0.6) is 0 Å². The minimum Gasteiger partial charge on any atom is -0.353 e. The molecule has 1 atom stereocenters. The largest absolute Gasteiger partial charge is 0.353 e. The molecule has 0 saturated heterocycles. The molecule has 0 saturated carbocycles. The van der Waals surface area contributed by atoms with Crippen LogP contribution in [0.2, 0.25) is 0 Å². The highest BCUT2D eigenvalue weighted by atomic mass is 14.9. The quantitative estimate of drug-likeness (QED) is 0.836. The van der Waals surface area contributed by atoms with E-state index in [0.29, 0.717) is 0 Å². The number of hydrogen-bond donors (Lipinski definition) is 1. The minimum atomic E-state index is 0.246. The molecule has 1 aromatic heterocycles. The van der Waals surface area contributed by atoms with Crippen molar-refractivity contribution in [3.8, 4) is 0 Å². The van der Waals surface area contributed by atoms with Gasteiger partial charge in [-0.25, -0.2) is 0 Å². The molecule has 2 heteroatoms. The summed E-state index contributed by atoms with van der Waals surface area (Å²) in [7, 11) is 0. The van der Waals surface area contributed by atoms with Crippen LogP contribution in [-0.2, 0) is 19.4 Å². The van der Waals surface area contributed by atoms with Crippen molar-refractivity contribution in [2.24, 2.45) is 5.73 Å². The van der Waals surface area contributed by atoms with Crippen LogP contribution in [0.15, 0.2) is 42.7 Å². The Labute approximate surface area is 115 Å². The van der Waals surface area contributed by atoms with Crippen LogP contribution in [0.1, 0.15) is 42.0 Å². The first-order valence-electron chi connectivity index (χ1n) is 7.31. The standard InChI is InChI=1S/C17H22N2/c18-17-9-5-4-8-15-12-19(13-16(15)17)11-10-14-6-2-1-3-7-14/h1-3,6-7,12-13,17H,4-5,8-11,18H2. The zero-order valence-electron chi connectivity index (χ0n) is 11.4. The monoisotopic (exact) mass is 254 g/mol. The first kappa shape index (κ1) is 12.5. The third-order valence-corrected chi connectivity index (χ3v) is 4.11. The summed E-state index contributed by atoms with van der Waals surface area (Å²) in [5.74, 6) is 0. The van der Waals surface area contributed by atoms with Gasteiger partial charge in [-0.05, 0) is 42.4 Å². The molecule has 1 unspecified atom stereocenters. The summed E-state index contributed by atoms with van der Waals surface area (Å²) in [5, 5.41) is 0. The average Bonchev–Trinajstić information content (AvgIpc) is 2.78. The molecule has 0 aliphatic heterocycles. The molecular formula is C17H22N2. The normalized spacial score (nSPS) is 18.9. The van der Waals surface area contributed by atoms with Crippen molar-refractivity contribution in [3.05, 3.63) is 59.4 Å². The van der Waals surface area contributed by atoms with Crippen molar-refractivity contribution in [3.63, 3.8) is 0 Å². The third-order valence-electron chi connectivity index (χ3n) is 4.11. The second-order valence-electron chi connectivity index (χ2n) is 5.56. The van der Waals surface area contributed by atoms with E-state index in [1.54, 1.807) is 0 Å². The number of nitrogens with two attached hydrogens (primary N) is 1. The van der Waals surface area contributed by atoms with E-state index in [1.807, 2.05) is 0 Å². The number of fused-ring (bicyclic) bond motifs is 1. The summed E-state index contributed by atoms with van der Waals surface area (Å²) in [5.41, 5.74) is 10.5. The molecule has 3 rings (SSSR count). The van der Waals surface area contributed by atoms with Crippen molar-refractivity contribution in [2.45, 2.75) is 44.7 Å². The molecule has 19 heavy (non-hydrogen) atoms. The Kier molecular flexibility index (Phi) is 3.69. The van der Waals surface area contributed by atoms with Crippen LogP contribution in [-0.4, -0.2) is 4.57 Å². The van der Waals surface area contributed by atoms with Gasteiger partial charge in [0.2, 0.25) is 0 Å². The molecule has 100 valence electrons. The average molecular weight is 254 g/mol. The van der Waals surface area contributed by atoms with Crippen molar-refractivity contribution in [1.82, 2.24) is 4.57 Å². The van der Waals surface area contributed by atoms with Crippen LogP contribution >= 0.6 is 0 Å². The maximum absolute atomic E-state index is 6.25. The van der Waals surface area contributed by atoms with Crippen molar-refractivity contribution in [1.29, 1.82) is 0 Å². The molecule has 1 aromatic carbocycles. The Balaban J connectivity index is 1.71. The van der Waals surface area contributed by atoms with Gasteiger partial charge in [0, 0.05) is 25.0 Å². The summed E-state index contributed by atoms with van der Waals surface area (Å²) in [6.45, 7) is 1.05. The Morgan fingerprint density at radius 2 is 1.95 bits per heavy atom. The zero-order valence-corrected chi connectivity index (χ0v) is 11.4. The van der Waals surface area contributed by atoms with Crippen LogP contribution in [0.4, 0.5) is 0 Å². The Morgan fingerprint density at radius 3 is 2.79 bits per heavy atom. The minimum absolute atomic E-state index is 0.246. The van der Waals surface area contributed by atoms with E-state index < -0.39 is 0 Å². The van der Waals surface area contributed by atoms with Crippen LogP contribution < -0.4 is 5.73 Å². The Bertz CT molecular complexity index is 527. The number of benzene rings is 1. The summed E-state index contributed by atoms with van der Waals surface area (Å²) >= 11 is 0. The fourth-order valence-electron chi connectivity index (χ4n) is 2.98. The molecule has 0 fully saturated rings. The molecule has 0 amide bonds. The number of hydrogen-bond acceptors (Lipinski definition) is 1. The van der Waals surface area contributed by atoms with Gasteiger partial charge in [0.1, 0.15) is 0 Å². The van der Waals surface area contributed by atoms with E-state index >= 15 is 0 Å². The van der Waals surface area contributed by atoms with Gasteiger partial charge < -0.3 is 10.3 Å². The van der Waals surface area contributed by atoms with Gasteiger partial charge in [0.15, 0.2) is 0 Å². The fraction of sp³-hybridized carbons (Fsp3) is 0.412. The molecule has 2 N–H and O–H groups in total. The highest BCUT2D eigenvalue weighted by Crippen LogP contribution is 2.27. The van der Waals surface area contributed by atoms with E-state index in [4.69, 9.17) is 5.73 Å². The maximum Gasteiger partial charge on any atom is 0.0312 e. The van der Waals surface area contributed by atoms with Gasteiger partial charge in [0.25, 0.3) is 0 Å². The SMILES string of the molecule is NC1CCCCc2cn(CCc3ccccc3)cc21. The molecule has 2 nitrogen and oxygen atoms in total. The molecule has 0 spiro atoms. The van der Waals surface area contributed by atoms with E-state index in [1.165, 1.54) is 36.0 Å². The molecule has 1 heterocycles. The highest BCUT2D eigenvalue weighted by Gasteiger charge is 2.17. The van der Waals surface area contributed by atoms with Gasteiger partial charge >= 0.3 is 0 Å². The van der Waals surface area contributed by atoms with Crippen molar-refractivity contribution in [2.75, 3.05) is 0 Å². The summed E-state index contributed by atoms with van der Waals surface area (Å²) in [6, 6.07) is 10.9. The summed E-state index contributed by atoms with van der Waals surface area (Å²) in [4.78, 5) is 0. The van der Waals surface area contributed by atoms with Crippen molar-refractivity contribution >= 4 is 0 Å². The molecule has 0 radical (unpaired) electrons. The fourth-order valence-corrected chi connectivity index (χ4v) is 2.98. The van der Waals surface area contributed by atoms with Crippen LogP contribution in [0, 0.1) is 0 Å². The van der Waals surface area contributed by atoms with E-state index in [0.717, 1.165) is 19.4 Å². The lowest BCUT2D eigenvalue weighted by Crippen LogP contribution is -2.09. The molecule has 1 aliphatic rings. The van der Waals surface area contributed by atoms with Gasteiger partial charge in [-0.1, -0.05) is 36.8 Å². The number of aryl methyl sites for hydroxylation is 3. The molecule has 1 aliphatic carbocycles. The summed E-state index contributed by atoms with van der Waals surface area (Å²) in [6.07, 6.45) is 10.5. The Morgan fingerprint density at radius 1 is 1.11 bits per heavy atom. The third kappa shape index (κ3) is 2.90. The predicted octanol–water partition coefficient (Wildman–Crippen LogP) is 3.46. The zero-order chi connectivity index (χ0) is 13.1. The predicted molar refractivity (Wildman–Crippen MR) is 79.1 cm³/mol. The number of aromatic nitrogens is 1. The first-order chi connectivity index (χ1) is 9.33. The van der Waals surface area contributed by atoms with Gasteiger partial charge in [-0.3, -0.25) is 0 Å². The highest BCUT2D eigenvalue weighted by molar-refractivity contribution is 5.29. The molecule has 2 aromatic rings. The lowest BCUT2D eigenvalue weighted by Gasteiger charge is -2.07. The lowest BCUT2D eigenvalue weighted by molar-refractivity contribution is 0.606. The maximum atomic E-state index is 6.25. The van der Waals surface area contributed by atoms with Crippen LogP contribution in [0.3, 0.4) is 0 Å². The second kappa shape index (κ2) is 5.62. The van der Waals surface area contributed by atoms with Gasteiger partial charge in [-0.2, -0.15) is 0 Å². The van der Waals surface area contributed by atoms with E-state index in [2.05, 4.69) is 47.3 Å². The first-order valence-corrected chi connectivity index (χ1v) is 7.31. The van der Waals surface area contributed by atoms with Gasteiger partial charge in [-0.15, -0.1) is 0 Å². The van der Waals surface area contributed by atoms with Crippen LogP contribution in [0.25, 0.3) is 0 Å². The van der Waals surface area contributed by atoms with E-state index in [9.17, 15) is 0 Å². The number of rotatable bonds is 3.